The minimum absolute atomic E-state index is 0.116. The van der Waals surface area contributed by atoms with Crippen LogP contribution in [0, 0.1) is 5.82 Å². The number of hydrogen-bond acceptors (Lipinski definition) is 3. The number of nitrogens with zero attached hydrogens (tertiary/aromatic N) is 1. The van der Waals surface area contributed by atoms with Gasteiger partial charge in [-0.1, -0.05) is 30.3 Å². The lowest BCUT2D eigenvalue weighted by molar-refractivity contribution is -0.132. The fourth-order valence-corrected chi connectivity index (χ4v) is 2.88. The zero-order valence-corrected chi connectivity index (χ0v) is 14.8. The fourth-order valence-electron chi connectivity index (χ4n) is 2.88. The average molecular weight is 356 g/mol. The average Bonchev–Trinajstić information content (AvgIpc) is 2.61. The molecular formula is C20H21FN2O3. The Bertz CT molecular complexity index is 835. The van der Waals surface area contributed by atoms with E-state index in [4.69, 9.17) is 4.74 Å². The molecule has 2 amide bonds. The van der Waals surface area contributed by atoms with Gasteiger partial charge < -0.3 is 15.0 Å². The van der Waals surface area contributed by atoms with Gasteiger partial charge in [-0.25, -0.2) is 4.39 Å². The van der Waals surface area contributed by atoms with Crippen molar-refractivity contribution in [1.82, 2.24) is 5.32 Å². The number of hydrogen-bond donors (Lipinski definition) is 1. The van der Waals surface area contributed by atoms with E-state index in [1.807, 2.05) is 12.1 Å². The third-order valence-electron chi connectivity index (χ3n) is 4.28. The molecule has 0 aliphatic carbocycles. The van der Waals surface area contributed by atoms with Crippen LogP contribution in [0.1, 0.15) is 25.8 Å². The minimum Gasteiger partial charge on any atom is -0.476 e. The lowest BCUT2D eigenvalue weighted by Crippen LogP contribution is -2.53. The Morgan fingerprint density at radius 1 is 1.15 bits per heavy atom. The van der Waals surface area contributed by atoms with E-state index < -0.39 is 5.60 Å². The van der Waals surface area contributed by atoms with E-state index in [0.717, 1.165) is 0 Å². The normalized spacial score (nSPS) is 15.2. The first-order valence-corrected chi connectivity index (χ1v) is 8.48. The van der Waals surface area contributed by atoms with Gasteiger partial charge in [0.1, 0.15) is 11.6 Å². The Hall–Kier alpha value is -2.89. The molecule has 3 rings (SSSR count). The summed E-state index contributed by atoms with van der Waals surface area (Å²) in [6.45, 7) is 3.75. The molecule has 136 valence electrons. The number of nitrogens with one attached hydrogen (secondary N) is 1. The molecule has 6 heteroatoms. The number of amides is 2. The number of fused-ring (bicyclic) bond motifs is 1. The zero-order chi connectivity index (χ0) is 18.7. The maximum atomic E-state index is 13.6. The molecule has 0 fully saturated rings. The van der Waals surface area contributed by atoms with Gasteiger partial charge in [-0.15, -0.1) is 0 Å². The Morgan fingerprint density at radius 2 is 1.85 bits per heavy atom. The van der Waals surface area contributed by atoms with Crippen molar-refractivity contribution in [3.8, 4) is 5.75 Å². The van der Waals surface area contributed by atoms with Gasteiger partial charge in [0.25, 0.3) is 5.91 Å². The van der Waals surface area contributed by atoms with Crippen molar-refractivity contribution in [2.24, 2.45) is 0 Å². The van der Waals surface area contributed by atoms with E-state index in [2.05, 4.69) is 5.32 Å². The van der Waals surface area contributed by atoms with E-state index in [0.29, 0.717) is 17.0 Å². The molecule has 0 bridgehead atoms. The van der Waals surface area contributed by atoms with Crippen molar-refractivity contribution in [2.45, 2.75) is 32.4 Å². The van der Waals surface area contributed by atoms with Crippen LogP contribution in [0.2, 0.25) is 0 Å². The molecule has 1 aliphatic rings. The molecule has 0 saturated carbocycles. The van der Waals surface area contributed by atoms with E-state index >= 15 is 0 Å². The van der Waals surface area contributed by atoms with E-state index in [9.17, 15) is 14.0 Å². The van der Waals surface area contributed by atoms with Gasteiger partial charge in [-0.05, 0) is 32.0 Å². The molecule has 1 aliphatic heterocycles. The monoisotopic (exact) mass is 356 g/mol. The third kappa shape index (κ3) is 3.69. The molecule has 5 nitrogen and oxygen atoms in total. The Labute approximate surface area is 151 Å². The summed E-state index contributed by atoms with van der Waals surface area (Å²) in [4.78, 5) is 26.4. The second kappa shape index (κ2) is 7.15. The topological polar surface area (TPSA) is 58.6 Å². The fraction of sp³-hybridized carbons (Fsp3) is 0.300. The minimum atomic E-state index is -0.988. The maximum absolute atomic E-state index is 13.6. The van der Waals surface area contributed by atoms with Gasteiger partial charge in [0.2, 0.25) is 5.91 Å². The van der Waals surface area contributed by atoms with Crippen molar-refractivity contribution >= 4 is 17.5 Å². The first-order valence-electron chi connectivity index (χ1n) is 8.48. The zero-order valence-electron chi connectivity index (χ0n) is 14.8. The van der Waals surface area contributed by atoms with E-state index in [1.54, 1.807) is 49.1 Å². The third-order valence-corrected chi connectivity index (χ3v) is 4.28. The second-order valence-corrected chi connectivity index (χ2v) is 6.66. The number of carbonyl (C=O) groups excluding carboxylic acids is 2. The molecular weight excluding hydrogens is 335 g/mol. The van der Waals surface area contributed by atoms with Crippen molar-refractivity contribution in [1.29, 1.82) is 0 Å². The molecule has 26 heavy (non-hydrogen) atoms. The standard InChI is InChI=1S/C20H21FN2O3/c1-20(2)19(25)23(16-9-5-6-10-17(16)26-20)12-11-18(24)22-13-14-7-3-4-8-15(14)21/h3-10H,11-13H2,1-2H3,(H,22,24). The lowest BCUT2D eigenvalue weighted by atomic mass is 10.0. The molecule has 0 unspecified atom stereocenters. The van der Waals surface area contributed by atoms with Crippen LogP contribution in [0.25, 0.3) is 0 Å². The molecule has 0 aromatic heterocycles. The van der Waals surface area contributed by atoms with Crippen LogP contribution in [0.15, 0.2) is 48.5 Å². The highest BCUT2D eigenvalue weighted by atomic mass is 19.1. The SMILES string of the molecule is CC1(C)Oc2ccccc2N(CCC(=O)NCc2ccccc2F)C1=O. The van der Waals surface area contributed by atoms with Crippen molar-refractivity contribution in [3.05, 3.63) is 59.9 Å². The first kappa shape index (κ1) is 17.9. The lowest BCUT2D eigenvalue weighted by Gasteiger charge is -2.38. The maximum Gasteiger partial charge on any atom is 0.270 e. The van der Waals surface area contributed by atoms with Crippen molar-refractivity contribution in [2.75, 3.05) is 11.4 Å². The molecule has 1 heterocycles. The van der Waals surface area contributed by atoms with Gasteiger partial charge in [-0.3, -0.25) is 9.59 Å². The van der Waals surface area contributed by atoms with Crippen LogP contribution in [0.4, 0.5) is 10.1 Å². The number of benzene rings is 2. The van der Waals surface area contributed by atoms with E-state index in [1.165, 1.54) is 6.07 Å². The summed E-state index contributed by atoms with van der Waals surface area (Å²) in [5.41, 5.74) is 0.0892. The molecule has 0 atom stereocenters. The summed E-state index contributed by atoms with van der Waals surface area (Å²) >= 11 is 0. The highest BCUT2D eigenvalue weighted by Gasteiger charge is 2.40. The molecule has 0 radical (unpaired) electrons. The number of anilines is 1. The summed E-state index contributed by atoms with van der Waals surface area (Å²) in [6.07, 6.45) is 0.116. The van der Waals surface area contributed by atoms with Crippen LogP contribution < -0.4 is 15.0 Å². The molecule has 0 spiro atoms. The molecule has 0 saturated heterocycles. The largest absolute Gasteiger partial charge is 0.476 e. The summed E-state index contributed by atoms with van der Waals surface area (Å²) in [5.74, 6) is -0.184. The van der Waals surface area contributed by atoms with Gasteiger partial charge in [0, 0.05) is 25.1 Å². The summed E-state index contributed by atoms with van der Waals surface area (Å²) < 4.78 is 19.4. The quantitative estimate of drug-likeness (QED) is 0.896. The predicted octanol–water partition coefficient (Wildman–Crippen LogP) is 3.04. The number of carbonyl (C=O) groups is 2. The Morgan fingerprint density at radius 3 is 2.62 bits per heavy atom. The molecule has 2 aromatic carbocycles. The summed E-state index contributed by atoms with van der Waals surface area (Å²) in [5, 5.41) is 2.69. The van der Waals surface area contributed by atoms with E-state index in [-0.39, 0.29) is 37.1 Å². The second-order valence-electron chi connectivity index (χ2n) is 6.66. The molecule has 1 N–H and O–H groups in total. The van der Waals surface area contributed by atoms with Gasteiger partial charge in [0.05, 0.1) is 5.69 Å². The number of para-hydroxylation sites is 2. The first-order chi connectivity index (χ1) is 12.4. The highest BCUT2D eigenvalue weighted by molar-refractivity contribution is 6.02. The van der Waals surface area contributed by atoms with Crippen LogP contribution in [0.3, 0.4) is 0 Å². The van der Waals surface area contributed by atoms with Crippen LogP contribution >= 0.6 is 0 Å². The van der Waals surface area contributed by atoms with Crippen LogP contribution in [0.5, 0.6) is 5.75 Å². The van der Waals surface area contributed by atoms with Crippen LogP contribution in [-0.2, 0) is 16.1 Å². The molecule has 2 aromatic rings. The summed E-state index contributed by atoms with van der Waals surface area (Å²) in [6, 6.07) is 13.5. The Balaban J connectivity index is 1.64. The summed E-state index contributed by atoms with van der Waals surface area (Å²) in [7, 11) is 0. The van der Waals surface area contributed by atoms with Crippen LogP contribution in [-0.4, -0.2) is 24.0 Å². The smallest absolute Gasteiger partial charge is 0.270 e. The van der Waals surface area contributed by atoms with Crippen molar-refractivity contribution < 1.29 is 18.7 Å². The number of ether oxygens (including phenoxy) is 1. The van der Waals surface area contributed by atoms with Gasteiger partial charge in [0.15, 0.2) is 5.60 Å². The number of halogens is 1. The van der Waals surface area contributed by atoms with Gasteiger partial charge >= 0.3 is 0 Å². The Kier molecular flexibility index (Phi) is 4.93. The highest BCUT2D eigenvalue weighted by Crippen LogP contribution is 2.37. The predicted molar refractivity (Wildman–Crippen MR) is 96.4 cm³/mol. The van der Waals surface area contributed by atoms with Crippen molar-refractivity contribution in [3.63, 3.8) is 0 Å². The van der Waals surface area contributed by atoms with Gasteiger partial charge in [-0.2, -0.15) is 0 Å². The number of rotatable bonds is 5.